The van der Waals surface area contributed by atoms with Crippen molar-refractivity contribution >= 4 is 0 Å². The van der Waals surface area contributed by atoms with Gasteiger partial charge in [-0.25, -0.2) is 0 Å². The first-order valence-corrected chi connectivity index (χ1v) is 8.24. The molecule has 3 heterocycles. The maximum atomic E-state index is 5.75. The molecule has 3 fully saturated rings. The molecule has 0 aromatic rings. The molecule has 0 unspecified atom stereocenters. The summed E-state index contributed by atoms with van der Waals surface area (Å²) in [5, 5.41) is 3.88. The van der Waals surface area contributed by atoms with E-state index in [-0.39, 0.29) is 0 Å². The molecule has 0 aromatic heterocycles. The molecule has 0 amide bonds. The van der Waals surface area contributed by atoms with E-state index in [9.17, 15) is 0 Å². The molecular weight excluding hydrogens is 254 g/mol. The molecule has 0 aliphatic carbocycles. The molecule has 1 N–H and O–H groups in total. The minimum atomic E-state index is 0.506. The van der Waals surface area contributed by atoms with Crippen LogP contribution in [-0.2, 0) is 9.47 Å². The van der Waals surface area contributed by atoms with Gasteiger partial charge in [-0.2, -0.15) is 0 Å². The highest BCUT2D eigenvalue weighted by molar-refractivity contribution is 4.92. The summed E-state index contributed by atoms with van der Waals surface area (Å²) >= 11 is 0. The summed E-state index contributed by atoms with van der Waals surface area (Å²) in [5.74, 6) is 0. The van der Waals surface area contributed by atoms with Gasteiger partial charge >= 0.3 is 0 Å². The van der Waals surface area contributed by atoms with E-state index in [1.807, 2.05) is 0 Å². The van der Waals surface area contributed by atoms with Crippen molar-refractivity contribution in [1.82, 2.24) is 15.1 Å². The average molecular weight is 283 g/mol. The Morgan fingerprint density at radius 1 is 1.00 bits per heavy atom. The smallest absolute Gasteiger partial charge is 0.0638 e. The van der Waals surface area contributed by atoms with Crippen LogP contribution in [0, 0.1) is 0 Å². The SMILES string of the molecule is CCN1CCC(N[C@H]2COC[C@@H]2N2CCOCC2)CC1. The second-order valence-corrected chi connectivity index (χ2v) is 6.23. The van der Waals surface area contributed by atoms with E-state index in [0.29, 0.717) is 18.1 Å². The lowest BCUT2D eigenvalue weighted by atomic mass is 10.0. The zero-order chi connectivity index (χ0) is 13.8. The van der Waals surface area contributed by atoms with Crippen LogP contribution in [0.1, 0.15) is 19.8 Å². The van der Waals surface area contributed by atoms with Crippen LogP contribution in [-0.4, -0.2) is 87.1 Å². The van der Waals surface area contributed by atoms with E-state index >= 15 is 0 Å². The van der Waals surface area contributed by atoms with Gasteiger partial charge in [0.15, 0.2) is 0 Å². The fourth-order valence-corrected chi connectivity index (χ4v) is 3.69. The number of nitrogens with one attached hydrogen (secondary N) is 1. The van der Waals surface area contributed by atoms with Gasteiger partial charge in [0.2, 0.25) is 0 Å². The first kappa shape index (κ1) is 14.7. The predicted molar refractivity (Wildman–Crippen MR) is 79.1 cm³/mol. The molecule has 3 aliphatic rings. The molecule has 3 aliphatic heterocycles. The van der Waals surface area contributed by atoms with Crippen molar-refractivity contribution in [2.75, 3.05) is 59.2 Å². The van der Waals surface area contributed by atoms with E-state index in [4.69, 9.17) is 9.47 Å². The molecule has 0 radical (unpaired) electrons. The molecule has 3 saturated heterocycles. The Kier molecular flexibility index (Phi) is 5.29. The fraction of sp³-hybridized carbons (Fsp3) is 1.00. The third-order valence-corrected chi connectivity index (χ3v) is 5.05. The summed E-state index contributed by atoms with van der Waals surface area (Å²) in [4.78, 5) is 5.10. The first-order chi connectivity index (χ1) is 9.86. The van der Waals surface area contributed by atoms with Crippen molar-refractivity contribution < 1.29 is 9.47 Å². The fourth-order valence-electron chi connectivity index (χ4n) is 3.69. The summed E-state index contributed by atoms with van der Waals surface area (Å²) in [5.41, 5.74) is 0. The Labute approximate surface area is 122 Å². The minimum absolute atomic E-state index is 0.506. The van der Waals surface area contributed by atoms with Crippen LogP contribution in [0.4, 0.5) is 0 Å². The van der Waals surface area contributed by atoms with Gasteiger partial charge in [0, 0.05) is 25.2 Å². The number of piperidine rings is 1. The van der Waals surface area contributed by atoms with Gasteiger partial charge < -0.3 is 19.7 Å². The van der Waals surface area contributed by atoms with Crippen LogP contribution in [0.5, 0.6) is 0 Å². The van der Waals surface area contributed by atoms with Gasteiger partial charge in [-0.15, -0.1) is 0 Å². The molecule has 2 atom stereocenters. The van der Waals surface area contributed by atoms with Crippen LogP contribution < -0.4 is 5.32 Å². The van der Waals surface area contributed by atoms with Crippen LogP contribution in [0.25, 0.3) is 0 Å². The lowest BCUT2D eigenvalue weighted by Crippen LogP contribution is -2.56. The second kappa shape index (κ2) is 7.18. The number of ether oxygens (including phenoxy) is 2. The van der Waals surface area contributed by atoms with E-state index in [1.165, 1.54) is 32.5 Å². The molecule has 0 aromatic carbocycles. The van der Waals surface area contributed by atoms with Gasteiger partial charge in [0.05, 0.1) is 32.5 Å². The minimum Gasteiger partial charge on any atom is -0.379 e. The summed E-state index contributed by atoms with van der Waals surface area (Å²) < 4.78 is 11.2. The average Bonchev–Trinajstić information content (AvgIpc) is 2.97. The highest BCUT2D eigenvalue weighted by atomic mass is 16.5. The van der Waals surface area contributed by atoms with Crippen molar-refractivity contribution in [1.29, 1.82) is 0 Å². The van der Waals surface area contributed by atoms with E-state index in [0.717, 1.165) is 39.5 Å². The van der Waals surface area contributed by atoms with Gasteiger partial charge in [-0.3, -0.25) is 4.90 Å². The predicted octanol–water partition coefficient (Wildman–Crippen LogP) is 0.160. The van der Waals surface area contributed by atoms with Crippen molar-refractivity contribution in [2.45, 2.75) is 37.9 Å². The number of nitrogens with zero attached hydrogens (tertiary/aromatic N) is 2. The Morgan fingerprint density at radius 2 is 1.75 bits per heavy atom. The molecule has 116 valence electrons. The molecular formula is C15H29N3O2. The molecule has 20 heavy (non-hydrogen) atoms. The summed E-state index contributed by atoms with van der Waals surface area (Å²) in [6, 6.07) is 1.72. The first-order valence-electron chi connectivity index (χ1n) is 8.24. The third-order valence-electron chi connectivity index (χ3n) is 5.05. The highest BCUT2D eigenvalue weighted by Crippen LogP contribution is 2.18. The Morgan fingerprint density at radius 3 is 2.45 bits per heavy atom. The Bertz CT molecular complexity index is 289. The number of likely N-dealkylation sites (tertiary alicyclic amines) is 1. The zero-order valence-corrected chi connectivity index (χ0v) is 12.7. The zero-order valence-electron chi connectivity index (χ0n) is 12.7. The summed E-state index contributed by atoms with van der Waals surface area (Å²) in [7, 11) is 0. The van der Waals surface area contributed by atoms with Gasteiger partial charge in [-0.05, 0) is 32.5 Å². The quantitative estimate of drug-likeness (QED) is 0.795. The third kappa shape index (κ3) is 3.52. The molecule has 3 rings (SSSR count). The van der Waals surface area contributed by atoms with Crippen molar-refractivity contribution in [2.24, 2.45) is 0 Å². The Balaban J connectivity index is 1.48. The standard InChI is InChI=1S/C15H29N3O2/c1-2-17-5-3-13(4-6-17)16-14-11-20-12-15(14)18-7-9-19-10-8-18/h13-16H,2-12H2,1H3/t14-,15-/m0/s1. The van der Waals surface area contributed by atoms with Crippen molar-refractivity contribution in [3.05, 3.63) is 0 Å². The van der Waals surface area contributed by atoms with Crippen LogP contribution in [0.3, 0.4) is 0 Å². The second-order valence-electron chi connectivity index (χ2n) is 6.23. The van der Waals surface area contributed by atoms with Crippen LogP contribution in [0.2, 0.25) is 0 Å². The number of hydrogen-bond acceptors (Lipinski definition) is 5. The van der Waals surface area contributed by atoms with E-state index in [2.05, 4.69) is 22.0 Å². The molecule has 5 heteroatoms. The van der Waals surface area contributed by atoms with Crippen molar-refractivity contribution in [3.63, 3.8) is 0 Å². The molecule has 0 saturated carbocycles. The lowest BCUT2D eigenvalue weighted by molar-refractivity contribution is 0.00967. The number of rotatable bonds is 4. The highest BCUT2D eigenvalue weighted by Gasteiger charge is 2.35. The molecule has 0 spiro atoms. The number of hydrogen-bond donors (Lipinski definition) is 1. The largest absolute Gasteiger partial charge is 0.379 e. The van der Waals surface area contributed by atoms with Crippen molar-refractivity contribution in [3.8, 4) is 0 Å². The Hall–Kier alpha value is -0.200. The molecule has 5 nitrogen and oxygen atoms in total. The van der Waals surface area contributed by atoms with Gasteiger partial charge in [0.1, 0.15) is 0 Å². The van der Waals surface area contributed by atoms with Crippen LogP contribution >= 0.6 is 0 Å². The van der Waals surface area contributed by atoms with Gasteiger partial charge in [0.25, 0.3) is 0 Å². The topological polar surface area (TPSA) is 37.0 Å². The maximum absolute atomic E-state index is 5.75. The normalized spacial score (nSPS) is 34.6. The maximum Gasteiger partial charge on any atom is 0.0638 e. The monoisotopic (exact) mass is 283 g/mol. The summed E-state index contributed by atoms with van der Waals surface area (Å²) in [6.45, 7) is 11.5. The van der Waals surface area contributed by atoms with Gasteiger partial charge in [-0.1, -0.05) is 6.92 Å². The van der Waals surface area contributed by atoms with E-state index in [1.54, 1.807) is 0 Å². The summed E-state index contributed by atoms with van der Waals surface area (Å²) in [6.07, 6.45) is 2.56. The number of morpholine rings is 1. The van der Waals surface area contributed by atoms with E-state index < -0.39 is 0 Å². The van der Waals surface area contributed by atoms with Crippen LogP contribution in [0.15, 0.2) is 0 Å². The lowest BCUT2D eigenvalue weighted by Gasteiger charge is -2.38. The molecule has 0 bridgehead atoms.